The number of carbonyl (C=O) groups excluding carboxylic acids is 3. The third-order valence-corrected chi connectivity index (χ3v) is 10.7. The lowest BCUT2D eigenvalue weighted by atomic mass is 10.1. The second kappa shape index (κ2) is 50.2. The molecule has 0 aliphatic heterocycles. The number of esters is 3. The molecule has 0 heterocycles. The van der Waals surface area contributed by atoms with E-state index in [2.05, 4.69) is 106 Å². The van der Waals surface area contributed by atoms with Crippen molar-refractivity contribution in [3.63, 3.8) is 0 Å². The van der Waals surface area contributed by atoms with Gasteiger partial charge in [-0.05, 0) is 103 Å². The van der Waals surface area contributed by atoms with Crippen LogP contribution < -0.4 is 0 Å². The SMILES string of the molecule is CC/C=C\C/C=C\C/C=C\CCCCC(=O)OCC(COC(=O)CCCCC/C=C\C=C/CCCCCCCCC)OC(=O)CCCCC/C=C\C=C/CCCCCCCCC. The number of hydrogen-bond acceptors (Lipinski definition) is 6. The summed E-state index contributed by atoms with van der Waals surface area (Å²) in [6.45, 7) is 6.42. The van der Waals surface area contributed by atoms with Crippen LogP contribution in [0.4, 0.5) is 0 Å². The maximum absolute atomic E-state index is 12.8. The first-order chi connectivity index (χ1) is 30.5. The van der Waals surface area contributed by atoms with Crippen LogP contribution in [0.15, 0.2) is 85.1 Å². The lowest BCUT2D eigenvalue weighted by Gasteiger charge is -2.18. The van der Waals surface area contributed by atoms with Gasteiger partial charge in [-0.1, -0.05) is 196 Å². The van der Waals surface area contributed by atoms with Gasteiger partial charge in [-0.25, -0.2) is 0 Å². The van der Waals surface area contributed by atoms with Crippen molar-refractivity contribution in [1.82, 2.24) is 0 Å². The molecule has 6 nitrogen and oxygen atoms in total. The largest absolute Gasteiger partial charge is 0.462 e. The third kappa shape index (κ3) is 47.6. The average molecular weight is 863 g/mol. The molecule has 1 unspecified atom stereocenters. The molecule has 0 rings (SSSR count). The van der Waals surface area contributed by atoms with Gasteiger partial charge in [0.25, 0.3) is 0 Å². The predicted octanol–water partition coefficient (Wildman–Crippen LogP) is 16.8. The summed E-state index contributed by atoms with van der Waals surface area (Å²) in [4.78, 5) is 37.9. The maximum atomic E-state index is 12.8. The first-order valence-electron chi connectivity index (χ1n) is 25.6. The molecule has 0 fully saturated rings. The molecular formula is C56H94O6. The van der Waals surface area contributed by atoms with Gasteiger partial charge in [0.1, 0.15) is 13.2 Å². The Morgan fingerprint density at radius 3 is 1.11 bits per heavy atom. The van der Waals surface area contributed by atoms with E-state index in [1.807, 2.05) is 0 Å². The van der Waals surface area contributed by atoms with Crippen molar-refractivity contribution in [2.24, 2.45) is 0 Å². The Labute approximate surface area is 382 Å². The second-order valence-electron chi connectivity index (χ2n) is 16.7. The van der Waals surface area contributed by atoms with E-state index < -0.39 is 6.10 Å². The highest BCUT2D eigenvalue weighted by Crippen LogP contribution is 2.12. The van der Waals surface area contributed by atoms with Crippen LogP contribution in [0.5, 0.6) is 0 Å². The number of hydrogen-bond donors (Lipinski definition) is 0. The molecule has 0 aromatic heterocycles. The summed E-state index contributed by atoms with van der Waals surface area (Å²) in [5.74, 6) is -1.01. The van der Waals surface area contributed by atoms with Crippen LogP contribution in [-0.2, 0) is 28.6 Å². The van der Waals surface area contributed by atoms with Gasteiger partial charge in [0, 0.05) is 19.3 Å². The Morgan fingerprint density at radius 1 is 0.355 bits per heavy atom. The first-order valence-corrected chi connectivity index (χ1v) is 25.6. The van der Waals surface area contributed by atoms with E-state index in [0.29, 0.717) is 12.8 Å². The molecule has 0 aliphatic rings. The molecule has 62 heavy (non-hydrogen) atoms. The number of ether oxygens (including phenoxy) is 3. The minimum Gasteiger partial charge on any atom is -0.462 e. The molecule has 0 bridgehead atoms. The zero-order valence-corrected chi connectivity index (χ0v) is 40.4. The zero-order valence-electron chi connectivity index (χ0n) is 40.4. The van der Waals surface area contributed by atoms with Gasteiger partial charge in [0.2, 0.25) is 0 Å². The lowest BCUT2D eigenvalue weighted by molar-refractivity contribution is -0.167. The van der Waals surface area contributed by atoms with E-state index in [1.165, 1.54) is 89.9 Å². The maximum Gasteiger partial charge on any atom is 0.306 e. The Bertz CT molecular complexity index is 1220. The van der Waals surface area contributed by atoms with Gasteiger partial charge in [-0.15, -0.1) is 0 Å². The van der Waals surface area contributed by atoms with Crippen LogP contribution in [0.2, 0.25) is 0 Å². The highest BCUT2D eigenvalue weighted by molar-refractivity contribution is 5.71. The summed E-state index contributed by atoms with van der Waals surface area (Å²) in [5, 5.41) is 0. The van der Waals surface area contributed by atoms with E-state index in [0.717, 1.165) is 103 Å². The molecule has 0 saturated heterocycles. The van der Waals surface area contributed by atoms with Crippen molar-refractivity contribution in [3.8, 4) is 0 Å². The molecule has 6 heteroatoms. The fraction of sp³-hybridized carbons (Fsp3) is 0.696. The van der Waals surface area contributed by atoms with Crippen LogP contribution in [0.1, 0.15) is 233 Å². The standard InChI is InChI=1S/C56H94O6/c1-4-7-10-13-16-19-22-25-27-29-31-34-37-40-43-46-49-55(58)61-52-53(51-60-54(57)48-45-42-39-36-33-24-21-18-15-12-9-6-3)62-56(59)50-47-44-41-38-35-32-30-28-26-23-20-17-14-11-8-5-2/h9,12,18,21,27-36,53H,4-8,10-11,13-17,19-20,22-26,37-52H2,1-3H3/b12-9-,21-18-,29-27-,30-28-,34-31-,35-32-,36-33-. The van der Waals surface area contributed by atoms with Crippen molar-refractivity contribution in [2.45, 2.75) is 239 Å². The van der Waals surface area contributed by atoms with Crippen molar-refractivity contribution >= 4 is 17.9 Å². The predicted molar refractivity (Wildman–Crippen MR) is 265 cm³/mol. The molecule has 0 aromatic carbocycles. The molecule has 354 valence electrons. The molecule has 0 aliphatic carbocycles. The fourth-order valence-electron chi connectivity index (χ4n) is 6.79. The number of rotatable bonds is 45. The molecule has 0 spiro atoms. The molecular weight excluding hydrogens is 769 g/mol. The number of carbonyl (C=O) groups is 3. The van der Waals surface area contributed by atoms with E-state index >= 15 is 0 Å². The molecule has 1 atom stereocenters. The van der Waals surface area contributed by atoms with Crippen molar-refractivity contribution < 1.29 is 28.6 Å². The summed E-state index contributed by atoms with van der Waals surface area (Å²) in [7, 11) is 0. The average Bonchev–Trinajstić information content (AvgIpc) is 3.27. The van der Waals surface area contributed by atoms with E-state index in [1.54, 1.807) is 0 Å². The van der Waals surface area contributed by atoms with E-state index in [4.69, 9.17) is 14.2 Å². The Morgan fingerprint density at radius 2 is 0.677 bits per heavy atom. The topological polar surface area (TPSA) is 78.9 Å². The minimum atomic E-state index is -0.816. The molecule has 0 aromatic rings. The highest BCUT2D eigenvalue weighted by atomic mass is 16.6. The van der Waals surface area contributed by atoms with E-state index in [9.17, 15) is 14.4 Å². The summed E-state index contributed by atoms with van der Waals surface area (Å²) < 4.78 is 16.7. The van der Waals surface area contributed by atoms with Gasteiger partial charge in [-0.2, -0.15) is 0 Å². The van der Waals surface area contributed by atoms with Crippen LogP contribution in [0, 0.1) is 0 Å². The van der Waals surface area contributed by atoms with Gasteiger partial charge in [0.05, 0.1) is 0 Å². The van der Waals surface area contributed by atoms with Crippen LogP contribution in [0.25, 0.3) is 0 Å². The summed E-state index contributed by atoms with van der Waals surface area (Å²) in [6.07, 6.45) is 64.3. The van der Waals surface area contributed by atoms with Gasteiger partial charge in [-0.3, -0.25) is 14.4 Å². The smallest absolute Gasteiger partial charge is 0.306 e. The van der Waals surface area contributed by atoms with Crippen LogP contribution in [0.3, 0.4) is 0 Å². The van der Waals surface area contributed by atoms with Gasteiger partial charge in [0.15, 0.2) is 6.10 Å². The molecule has 0 amide bonds. The Hall–Kier alpha value is -3.41. The molecule has 0 radical (unpaired) electrons. The lowest BCUT2D eigenvalue weighted by Crippen LogP contribution is -2.30. The minimum absolute atomic E-state index is 0.114. The fourth-order valence-corrected chi connectivity index (χ4v) is 6.79. The molecule has 0 saturated carbocycles. The van der Waals surface area contributed by atoms with Crippen molar-refractivity contribution in [3.05, 3.63) is 85.1 Å². The third-order valence-electron chi connectivity index (χ3n) is 10.7. The van der Waals surface area contributed by atoms with Crippen LogP contribution >= 0.6 is 0 Å². The summed E-state index contributed by atoms with van der Waals surface area (Å²) in [6, 6.07) is 0. The van der Waals surface area contributed by atoms with E-state index in [-0.39, 0.29) is 37.5 Å². The zero-order chi connectivity index (χ0) is 45.1. The Balaban J connectivity index is 4.52. The number of unbranched alkanes of at least 4 members (excludes halogenated alkanes) is 22. The van der Waals surface area contributed by atoms with Gasteiger partial charge >= 0.3 is 17.9 Å². The van der Waals surface area contributed by atoms with Gasteiger partial charge < -0.3 is 14.2 Å². The quantitative estimate of drug-likeness (QED) is 0.0199. The monoisotopic (exact) mass is 863 g/mol. The number of allylic oxidation sites excluding steroid dienone is 14. The summed E-state index contributed by atoms with van der Waals surface area (Å²) in [5.41, 5.74) is 0. The summed E-state index contributed by atoms with van der Waals surface area (Å²) >= 11 is 0. The van der Waals surface area contributed by atoms with Crippen molar-refractivity contribution in [2.75, 3.05) is 13.2 Å². The normalized spacial score (nSPS) is 12.8. The first kappa shape index (κ1) is 58.6. The second-order valence-corrected chi connectivity index (χ2v) is 16.7. The Kier molecular flexibility index (Phi) is 47.5. The highest BCUT2D eigenvalue weighted by Gasteiger charge is 2.19. The van der Waals surface area contributed by atoms with Crippen LogP contribution in [-0.4, -0.2) is 37.2 Å². The van der Waals surface area contributed by atoms with Crippen molar-refractivity contribution in [1.29, 1.82) is 0 Å². The molecule has 0 N–H and O–H groups in total.